The van der Waals surface area contributed by atoms with E-state index in [4.69, 9.17) is 9.47 Å². The lowest BCUT2D eigenvalue weighted by molar-refractivity contribution is -0.145. The molecule has 2 heterocycles. The number of hydrogen-bond acceptors (Lipinski definition) is 3. The molecule has 0 atom stereocenters. The van der Waals surface area contributed by atoms with Crippen LogP contribution in [-0.2, 0) is 23.1 Å². The van der Waals surface area contributed by atoms with Crippen molar-refractivity contribution in [2.24, 2.45) is 0 Å². The second kappa shape index (κ2) is 5.73. The summed E-state index contributed by atoms with van der Waals surface area (Å²) in [6.45, 7) is 1.42. The number of carbonyl (C=O) groups is 1. The number of benzene rings is 1. The van der Waals surface area contributed by atoms with Crippen molar-refractivity contribution in [3.05, 3.63) is 22.8 Å². The van der Waals surface area contributed by atoms with Crippen LogP contribution in [0, 0.1) is 0 Å². The first kappa shape index (κ1) is 14.9. The van der Waals surface area contributed by atoms with Crippen molar-refractivity contribution in [1.29, 1.82) is 0 Å². The third kappa shape index (κ3) is 2.30. The Balaban J connectivity index is 1.96. The quantitative estimate of drug-likeness (QED) is 0.905. The van der Waals surface area contributed by atoms with Gasteiger partial charge in [-0.25, -0.2) is 0 Å². The maximum atomic E-state index is 12.4. The van der Waals surface area contributed by atoms with Crippen molar-refractivity contribution in [1.82, 2.24) is 0 Å². The summed E-state index contributed by atoms with van der Waals surface area (Å²) in [5.41, 5.74) is 2.40. The van der Waals surface area contributed by atoms with E-state index in [1.807, 2.05) is 0 Å². The summed E-state index contributed by atoms with van der Waals surface area (Å²) >= 11 is 0. The maximum absolute atomic E-state index is 12.4. The van der Waals surface area contributed by atoms with Gasteiger partial charge in [0.25, 0.3) is 0 Å². The first-order valence-electron chi connectivity index (χ1n) is 8.90. The SMILES string of the molecule is O=C(O)C1(c2c3c(cc4c2OCCC4)OCCC3)CCCCC1. The summed E-state index contributed by atoms with van der Waals surface area (Å²) in [5.74, 6) is 1.08. The second-order valence-corrected chi connectivity index (χ2v) is 7.07. The Bertz CT molecular complexity index is 594. The van der Waals surface area contributed by atoms with Crippen LogP contribution in [0.2, 0.25) is 0 Å². The number of ether oxygens (including phenoxy) is 2. The monoisotopic (exact) mass is 316 g/mol. The smallest absolute Gasteiger partial charge is 0.314 e. The molecule has 23 heavy (non-hydrogen) atoms. The summed E-state index contributed by atoms with van der Waals surface area (Å²) in [7, 11) is 0. The molecule has 0 saturated heterocycles. The van der Waals surface area contributed by atoms with E-state index in [1.54, 1.807) is 0 Å². The van der Waals surface area contributed by atoms with Gasteiger partial charge in [0.1, 0.15) is 11.5 Å². The highest BCUT2D eigenvalue weighted by molar-refractivity contribution is 5.84. The van der Waals surface area contributed by atoms with Gasteiger partial charge in [-0.2, -0.15) is 0 Å². The van der Waals surface area contributed by atoms with Crippen LogP contribution in [0.3, 0.4) is 0 Å². The van der Waals surface area contributed by atoms with E-state index in [1.165, 1.54) is 0 Å². The Labute approximate surface area is 136 Å². The van der Waals surface area contributed by atoms with Gasteiger partial charge in [-0.15, -0.1) is 0 Å². The molecule has 4 nitrogen and oxygen atoms in total. The zero-order valence-corrected chi connectivity index (χ0v) is 13.5. The zero-order valence-electron chi connectivity index (χ0n) is 13.5. The molecule has 4 rings (SSSR count). The Kier molecular flexibility index (Phi) is 3.70. The molecule has 0 spiro atoms. The first-order chi connectivity index (χ1) is 11.2. The van der Waals surface area contributed by atoms with E-state index >= 15 is 0 Å². The van der Waals surface area contributed by atoms with E-state index < -0.39 is 11.4 Å². The van der Waals surface area contributed by atoms with Gasteiger partial charge >= 0.3 is 5.97 Å². The fraction of sp³-hybridized carbons (Fsp3) is 0.632. The number of aliphatic carboxylic acids is 1. The summed E-state index contributed by atoms with van der Waals surface area (Å²) < 4.78 is 11.9. The number of fused-ring (bicyclic) bond motifs is 2. The van der Waals surface area contributed by atoms with Crippen LogP contribution >= 0.6 is 0 Å². The molecule has 1 N–H and O–H groups in total. The average molecular weight is 316 g/mol. The van der Waals surface area contributed by atoms with Crippen molar-refractivity contribution in [2.45, 2.75) is 63.2 Å². The van der Waals surface area contributed by atoms with Crippen LogP contribution in [0.5, 0.6) is 11.5 Å². The van der Waals surface area contributed by atoms with Gasteiger partial charge in [0, 0.05) is 11.1 Å². The van der Waals surface area contributed by atoms with E-state index in [0.29, 0.717) is 19.4 Å². The van der Waals surface area contributed by atoms with Crippen LogP contribution in [0.4, 0.5) is 0 Å². The van der Waals surface area contributed by atoms with Crippen molar-refractivity contribution in [3.8, 4) is 11.5 Å². The highest BCUT2D eigenvalue weighted by atomic mass is 16.5. The molecule has 1 aromatic rings. The molecular formula is C19H24O4. The minimum Gasteiger partial charge on any atom is -0.493 e. The second-order valence-electron chi connectivity index (χ2n) is 7.07. The summed E-state index contributed by atoms with van der Waals surface area (Å²) in [6.07, 6.45) is 8.31. The van der Waals surface area contributed by atoms with Gasteiger partial charge in [0.2, 0.25) is 0 Å². The largest absolute Gasteiger partial charge is 0.493 e. The minimum atomic E-state index is -0.786. The van der Waals surface area contributed by atoms with Crippen molar-refractivity contribution in [3.63, 3.8) is 0 Å². The van der Waals surface area contributed by atoms with Crippen LogP contribution in [0.15, 0.2) is 6.07 Å². The van der Waals surface area contributed by atoms with Crippen molar-refractivity contribution >= 4 is 5.97 Å². The number of hydrogen-bond donors (Lipinski definition) is 1. The Morgan fingerprint density at radius 1 is 1.00 bits per heavy atom. The topological polar surface area (TPSA) is 55.8 Å². The molecule has 1 aliphatic carbocycles. The molecule has 2 aliphatic heterocycles. The van der Waals surface area contributed by atoms with Crippen LogP contribution in [-0.4, -0.2) is 24.3 Å². The molecule has 0 radical (unpaired) electrons. The Morgan fingerprint density at radius 2 is 1.74 bits per heavy atom. The van der Waals surface area contributed by atoms with Gasteiger partial charge in [0.05, 0.1) is 18.6 Å². The van der Waals surface area contributed by atoms with E-state index in [-0.39, 0.29) is 0 Å². The molecule has 0 aromatic heterocycles. The first-order valence-corrected chi connectivity index (χ1v) is 8.90. The number of aryl methyl sites for hydroxylation is 1. The van der Waals surface area contributed by atoms with Crippen LogP contribution < -0.4 is 9.47 Å². The maximum Gasteiger partial charge on any atom is 0.314 e. The van der Waals surface area contributed by atoms with Crippen LogP contribution in [0.25, 0.3) is 0 Å². The fourth-order valence-corrected chi connectivity index (χ4v) is 4.56. The normalized spacial score (nSPS) is 22.3. The molecule has 3 aliphatic rings. The molecular weight excluding hydrogens is 292 g/mol. The lowest BCUT2D eigenvalue weighted by Gasteiger charge is -2.39. The molecule has 124 valence electrons. The van der Waals surface area contributed by atoms with E-state index in [9.17, 15) is 9.90 Å². The summed E-state index contributed by atoms with van der Waals surface area (Å²) in [4.78, 5) is 12.4. The molecule has 0 unspecified atom stereocenters. The third-order valence-corrected chi connectivity index (χ3v) is 5.68. The predicted octanol–water partition coefficient (Wildman–Crippen LogP) is 3.62. The van der Waals surface area contributed by atoms with Crippen molar-refractivity contribution < 1.29 is 19.4 Å². The number of carboxylic acid groups (broad SMARTS) is 1. The predicted molar refractivity (Wildman–Crippen MR) is 86.5 cm³/mol. The van der Waals surface area contributed by atoms with Gasteiger partial charge in [-0.05, 0) is 50.2 Å². The number of rotatable bonds is 2. The fourth-order valence-electron chi connectivity index (χ4n) is 4.56. The third-order valence-electron chi connectivity index (χ3n) is 5.68. The van der Waals surface area contributed by atoms with Gasteiger partial charge in [0.15, 0.2) is 0 Å². The van der Waals surface area contributed by atoms with Crippen molar-refractivity contribution in [2.75, 3.05) is 13.2 Å². The Hall–Kier alpha value is -1.71. The molecule has 0 bridgehead atoms. The van der Waals surface area contributed by atoms with E-state index in [2.05, 4.69) is 6.07 Å². The minimum absolute atomic E-state index is 0.687. The standard InChI is InChI=1S/C19H24O4/c20-18(21)19(8-2-1-3-9-19)16-14-7-5-10-22-15(14)12-13-6-4-11-23-17(13)16/h12H,1-11H2,(H,20,21). The molecule has 1 fully saturated rings. The summed E-state index contributed by atoms with van der Waals surface area (Å²) in [5, 5.41) is 10.1. The summed E-state index contributed by atoms with van der Waals surface area (Å²) in [6, 6.07) is 2.10. The highest BCUT2D eigenvalue weighted by Gasteiger charge is 2.46. The Morgan fingerprint density at radius 3 is 2.52 bits per heavy atom. The van der Waals surface area contributed by atoms with Crippen LogP contribution in [0.1, 0.15) is 61.6 Å². The van der Waals surface area contributed by atoms with Gasteiger partial charge in [-0.1, -0.05) is 19.3 Å². The lowest BCUT2D eigenvalue weighted by Crippen LogP contribution is -2.40. The zero-order chi connectivity index (χ0) is 15.9. The van der Waals surface area contributed by atoms with Gasteiger partial charge < -0.3 is 14.6 Å². The molecule has 0 amide bonds. The lowest BCUT2D eigenvalue weighted by atomic mass is 9.66. The highest BCUT2D eigenvalue weighted by Crippen LogP contribution is 2.50. The van der Waals surface area contributed by atoms with Gasteiger partial charge in [-0.3, -0.25) is 4.79 Å². The van der Waals surface area contributed by atoms with E-state index in [0.717, 1.165) is 79.7 Å². The molecule has 1 saturated carbocycles. The average Bonchev–Trinajstić information content (AvgIpc) is 2.60. The molecule has 4 heteroatoms. The molecule has 1 aromatic carbocycles. The number of carboxylic acids is 1.